The van der Waals surface area contributed by atoms with Gasteiger partial charge in [0.2, 0.25) is 0 Å². The standard InChI is InChI=1S/C16H22O6/c1-12(2)21-13-6-4-5-7-14(13)22-16(18)9-8-15(17)20-11-10-19-3/h4-7,12H,8-11H2,1-3H3. The first-order valence-corrected chi connectivity index (χ1v) is 7.14. The van der Waals surface area contributed by atoms with Gasteiger partial charge in [-0.15, -0.1) is 0 Å². The molecule has 0 amide bonds. The predicted molar refractivity (Wildman–Crippen MR) is 79.9 cm³/mol. The maximum absolute atomic E-state index is 11.8. The van der Waals surface area contributed by atoms with Gasteiger partial charge in [-0.3, -0.25) is 9.59 Å². The predicted octanol–water partition coefficient (Wildman–Crippen LogP) is 2.35. The zero-order chi connectivity index (χ0) is 16.4. The largest absolute Gasteiger partial charge is 0.487 e. The Labute approximate surface area is 130 Å². The molecule has 6 heteroatoms. The first kappa shape index (κ1) is 18.0. The van der Waals surface area contributed by atoms with Crippen molar-refractivity contribution in [2.75, 3.05) is 20.3 Å². The molecule has 0 aliphatic heterocycles. The Kier molecular flexibility index (Phi) is 7.99. The summed E-state index contributed by atoms with van der Waals surface area (Å²) in [6.07, 6.45) is -0.118. The fraction of sp³-hybridized carbons (Fsp3) is 0.500. The number of carbonyl (C=O) groups is 2. The lowest BCUT2D eigenvalue weighted by Crippen LogP contribution is -2.15. The molecule has 22 heavy (non-hydrogen) atoms. The SMILES string of the molecule is COCCOC(=O)CCC(=O)Oc1ccccc1OC(C)C. The highest BCUT2D eigenvalue weighted by Gasteiger charge is 2.13. The Morgan fingerprint density at radius 2 is 1.64 bits per heavy atom. The summed E-state index contributed by atoms with van der Waals surface area (Å²) in [7, 11) is 1.52. The van der Waals surface area contributed by atoms with Crippen LogP contribution in [-0.4, -0.2) is 38.4 Å². The molecule has 1 rings (SSSR count). The van der Waals surface area contributed by atoms with Crippen LogP contribution in [0.1, 0.15) is 26.7 Å². The second kappa shape index (κ2) is 9.78. The number of rotatable bonds is 9. The van der Waals surface area contributed by atoms with Crippen LogP contribution in [0.5, 0.6) is 11.5 Å². The highest BCUT2D eigenvalue weighted by molar-refractivity contribution is 5.79. The zero-order valence-corrected chi connectivity index (χ0v) is 13.2. The van der Waals surface area contributed by atoms with E-state index in [1.165, 1.54) is 7.11 Å². The van der Waals surface area contributed by atoms with Crippen molar-refractivity contribution in [1.82, 2.24) is 0 Å². The molecule has 1 aromatic carbocycles. The zero-order valence-electron chi connectivity index (χ0n) is 13.2. The van der Waals surface area contributed by atoms with E-state index in [1.807, 2.05) is 13.8 Å². The number of hydrogen-bond acceptors (Lipinski definition) is 6. The number of ether oxygens (including phenoxy) is 4. The van der Waals surface area contributed by atoms with E-state index < -0.39 is 11.9 Å². The Hall–Kier alpha value is -2.08. The number of esters is 2. The third kappa shape index (κ3) is 7.08. The third-order valence-corrected chi connectivity index (χ3v) is 2.52. The minimum Gasteiger partial charge on any atom is -0.487 e. The lowest BCUT2D eigenvalue weighted by Gasteiger charge is -2.13. The van der Waals surface area contributed by atoms with Crippen molar-refractivity contribution in [3.8, 4) is 11.5 Å². The van der Waals surface area contributed by atoms with Crippen molar-refractivity contribution in [2.24, 2.45) is 0 Å². The van der Waals surface area contributed by atoms with Gasteiger partial charge in [0.15, 0.2) is 11.5 Å². The molecule has 0 atom stereocenters. The minimum absolute atomic E-state index is 0.0318. The van der Waals surface area contributed by atoms with Crippen LogP contribution < -0.4 is 9.47 Å². The van der Waals surface area contributed by atoms with E-state index in [-0.39, 0.29) is 25.6 Å². The molecular formula is C16H22O6. The highest BCUT2D eigenvalue weighted by atomic mass is 16.6. The van der Waals surface area contributed by atoms with Crippen LogP contribution in [0.25, 0.3) is 0 Å². The van der Waals surface area contributed by atoms with Gasteiger partial charge in [-0.25, -0.2) is 0 Å². The Balaban J connectivity index is 2.43. The van der Waals surface area contributed by atoms with E-state index in [0.717, 1.165) is 0 Å². The molecule has 0 aromatic heterocycles. The highest BCUT2D eigenvalue weighted by Crippen LogP contribution is 2.27. The van der Waals surface area contributed by atoms with Crippen LogP contribution in [0.2, 0.25) is 0 Å². The fourth-order valence-corrected chi connectivity index (χ4v) is 1.57. The molecule has 0 fully saturated rings. The van der Waals surface area contributed by atoms with E-state index in [2.05, 4.69) is 0 Å². The van der Waals surface area contributed by atoms with Crippen LogP contribution in [0.4, 0.5) is 0 Å². The van der Waals surface area contributed by atoms with Crippen molar-refractivity contribution in [3.63, 3.8) is 0 Å². The minimum atomic E-state index is -0.511. The fourth-order valence-electron chi connectivity index (χ4n) is 1.57. The van der Waals surface area contributed by atoms with E-state index in [1.54, 1.807) is 24.3 Å². The summed E-state index contributed by atoms with van der Waals surface area (Å²) < 4.78 is 20.4. The van der Waals surface area contributed by atoms with Gasteiger partial charge in [-0.2, -0.15) is 0 Å². The molecule has 1 aromatic rings. The molecular weight excluding hydrogens is 288 g/mol. The van der Waals surface area contributed by atoms with Gasteiger partial charge >= 0.3 is 11.9 Å². The van der Waals surface area contributed by atoms with E-state index >= 15 is 0 Å². The number of carbonyl (C=O) groups excluding carboxylic acids is 2. The molecule has 6 nitrogen and oxygen atoms in total. The summed E-state index contributed by atoms with van der Waals surface area (Å²) in [6.45, 7) is 4.27. The number of methoxy groups -OCH3 is 1. The average molecular weight is 310 g/mol. The third-order valence-electron chi connectivity index (χ3n) is 2.52. The number of hydrogen-bond donors (Lipinski definition) is 0. The molecule has 0 saturated heterocycles. The monoisotopic (exact) mass is 310 g/mol. The second-order valence-corrected chi connectivity index (χ2v) is 4.80. The van der Waals surface area contributed by atoms with Crippen molar-refractivity contribution >= 4 is 11.9 Å². The molecule has 0 spiro atoms. The molecule has 122 valence electrons. The smallest absolute Gasteiger partial charge is 0.311 e. The van der Waals surface area contributed by atoms with Gasteiger partial charge in [0.05, 0.1) is 25.6 Å². The summed E-state index contributed by atoms with van der Waals surface area (Å²) in [5.74, 6) is -0.133. The maximum atomic E-state index is 11.8. The molecule has 0 bridgehead atoms. The van der Waals surface area contributed by atoms with Gasteiger partial charge in [0.1, 0.15) is 6.61 Å². The summed E-state index contributed by atoms with van der Waals surface area (Å²) in [5.41, 5.74) is 0. The van der Waals surface area contributed by atoms with Gasteiger partial charge in [-0.05, 0) is 26.0 Å². The number of benzene rings is 1. The van der Waals surface area contributed by atoms with E-state index in [9.17, 15) is 9.59 Å². The van der Waals surface area contributed by atoms with Crippen molar-refractivity contribution < 1.29 is 28.5 Å². The molecule has 0 radical (unpaired) electrons. The molecule has 0 N–H and O–H groups in total. The molecule has 0 saturated carbocycles. The second-order valence-electron chi connectivity index (χ2n) is 4.80. The van der Waals surface area contributed by atoms with Crippen molar-refractivity contribution in [3.05, 3.63) is 24.3 Å². The number of para-hydroxylation sites is 2. The lowest BCUT2D eigenvalue weighted by atomic mass is 10.3. The van der Waals surface area contributed by atoms with Gasteiger partial charge in [0.25, 0.3) is 0 Å². The summed E-state index contributed by atoms with van der Waals surface area (Å²) >= 11 is 0. The van der Waals surface area contributed by atoms with Crippen molar-refractivity contribution in [2.45, 2.75) is 32.8 Å². The lowest BCUT2D eigenvalue weighted by molar-refractivity contribution is -0.147. The summed E-state index contributed by atoms with van der Waals surface area (Å²) in [4.78, 5) is 23.2. The maximum Gasteiger partial charge on any atom is 0.311 e. The normalized spacial score (nSPS) is 10.4. The summed E-state index contributed by atoms with van der Waals surface area (Å²) in [5, 5.41) is 0. The van der Waals surface area contributed by atoms with Crippen LogP contribution >= 0.6 is 0 Å². The first-order valence-electron chi connectivity index (χ1n) is 7.14. The molecule has 0 aliphatic rings. The van der Waals surface area contributed by atoms with E-state index in [4.69, 9.17) is 18.9 Å². The molecule has 0 heterocycles. The topological polar surface area (TPSA) is 71.1 Å². The van der Waals surface area contributed by atoms with E-state index in [0.29, 0.717) is 18.1 Å². The van der Waals surface area contributed by atoms with Gasteiger partial charge in [0, 0.05) is 7.11 Å². The Bertz CT molecular complexity index is 483. The van der Waals surface area contributed by atoms with Gasteiger partial charge in [-0.1, -0.05) is 12.1 Å². The van der Waals surface area contributed by atoms with Crippen molar-refractivity contribution in [1.29, 1.82) is 0 Å². The first-order chi connectivity index (χ1) is 10.5. The molecule has 0 aliphatic carbocycles. The van der Waals surface area contributed by atoms with Crippen LogP contribution in [-0.2, 0) is 19.1 Å². The van der Waals surface area contributed by atoms with Crippen LogP contribution in [0.15, 0.2) is 24.3 Å². The molecule has 0 unspecified atom stereocenters. The quantitative estimate of drug-likeness (QED) is 0.396. The summed E-state index contributed by atoms with van der Waals surface area (Å²) in [6, 6.07) is 6.91. The van der Waals surface area contributed by atoms with Gasteiger partial charge < -0.3 is 18.9 Å². The van der Waals surface area contributed by atoms with Crippen LogP contribution in [0, 0.1) is 0 Å². The Morgan fingerprint density at radius 3 is 2.27 bits per heavy atom. The Morgan fingerprint density at radius 1 is 1.00 bits per heavy atom. The average Bonchev–Trinajstić information content (AvgIpc) is 2.47. The van der Waals surface area contributed by atoms with Crippen LogP contribution in [0.3, 0.4) is 0 Å².